The highest BCUT2D eigenvalue weighted by Crippen LogP contribution is 2.22. The second-order valence-electron chi connectivity index (χ2n) is 14.4. The van der Waals surface area contributed by atoms with E-state index < -0.39 is 29.9 Å². The molecule has 4 N–H and O–H groups in total. The van der Waals surface area contributed by atoms with Crippen LogP contribution in [0.25, 0.3) is 0 Å². The van der Waals surface area contributed by atoms with Gasteiger partial charge in [0.15, 0.2) is 5.82 Å². The van der Waals surface area contributed by atoms with E-state index in [-0.39, 0.29) is 62.1 Å². The van der Waals surface area contributed by atoms with Crippen LogP contribution in [0.15, 0.2) is 54.6 Å². The van der Waals surface area contributed by atoms with E-state index in [1.54, 1.807) is 6.92 Å². The number of nitrogens with one attached hydrogen (secondary N) is 4. The molecular formula is C38H53N7O5. The molecule has 4 amide bonds. The maximum absolute atomic E-state index is 14.2. The molecule has 2 bridgehead atoms. The number of aromatic nitrogens is 3. The van der Waals surface area contributed by atoms with Gasteiger partial charge in [-0.3, -0.25) is 19.2 Å². The number of aryl methyl sites for hydroxylation is 1. The molecule has 50 heavy (non-hydrogen) atoms. The molecule has 270 valence electrons. The first-order chi connectivity index (χ1) is 23.8. The Morgan fingerprint density at radius 1 is 0.920 bits per heavy atom. The maximum Gasteiger partial charge on any atom is 0.243 e. The third kappa shape index (κ3) is 11.4. The Kier molecular flexibility index (Phi) is 13.5. The lowest BCUT2D eigenvalue weighted by Gasteiger charge is -2.27. The zero-order valence-electron chi connectivity index (χ0n) is 30.4. The first kappa shape index (κ1) is 38.1. The number of carbonyl (C=O) groups is 4. The molecule has 0 radical (unpaired) electrons. The van der Waals surface area contributed by atoms with E-state index in [1.165, 1.54) is 4.68 Å². The second kappa shape index (κ2) is 17.8. The molecule has 0 aliphatic carbocycles. The summed E-state index contributed by atoms with van der Waals surface area (Å²) in [5, 5.41) is 16.6. The van der Waals surface area contributed by atoms with Gasteiger partial charge in [-0.1, -0.05) is 84.0 Å². The quantitative estimate of drug-likeness (QED) is 0.281. The minimum atomic E-state index is -0.977. The van der Waals surface area contributed by atoms with E-state index in [1.807, 2.05) is 82.3 Å². The van der Waals surface area contributed by atoms with Crippen LogP contribution in [0.4, 0.5) is 0 Å². The Morgan fingerprint density at radius 2 is 1.62 bits per heavy atom. The number of nitrogens with zero attached hydrogens (tertiary/aromatic N) is 3. The molecule has 12 nitrogen and oxygen atoms in total. The van der Waals surface area contributed by atoms with Crippen molar-refractivity contribution in [2.45, 2.75) is 105 Å². The molecule has 3 heterocycles. The lowest BCUT2D eigenvalue weighted by atomic mass is 9.99. The summed E-state index contributed by atoms with van der Waals surface area (Å²) in [4.78, 5) is 59.3. The molecular weight excluding hydrogens is 634 g/mol. The Hall–Kier alpha value is -4.74. The zero-order chi connectivity index (χ0) is 36.4. The number of amides is 4. The molecule has 0 saturated heterocycles. The van der Waals surface area contributed by atoms with Crippen LogP contribution in [0.5, 0.6) is 5.75 Å². The van der Waals surface area contributed by atoms with Gasteiger partial charge in [0.2, 0.25) is 23.6 Å². The molecule has 1 aromatic heterocycles. The van der Waals surface area contributed by atoms with Crippen LogP contribution in [-0.4, -0.2) is 63.1 Å². The number of ether oxygens (including phenoxy) is 1. The van der Waals surface area contributed by atoms with Crippen LogP contribution < -0.4 is 26.0 Å². The Labute approximate surface area is 295 Å². The molecule has 5 rings (SSSR count). The summed E-state index contributed by atoms with van der Waals surface area (Å²) in [6.07, 6.45) is 1.38. The highest BCUT2D eigenvalue weighted by atomic mass is 16.5. The average Bonchev–Trinajstić information content (AvgIpc) is 3.40. The highest BCUT2D eigenvalue weighted by Gasteiger charge is 2.32. The van der Waals surface area contributed by atoms with Gasteiger partial charge in [0.1, 0.15) is 36.8 Å². The van der Waals surface area contributed by atoms with E-state index in [2.05, 4.69) is 45.2 Å². The minimum Gasteiger partial charge on any atom is -0.491 e. The smallest absolute Gasteiger partial charge is 0.243 e. The predicted octanol–water partition coefficient (Wildman–Crippen LogP) is 3.82. The van der Waals surface area contributed by atoms with Gasteiger partial charge in [0, 0.05) is 19.3 Å². The third-order valence-electron chi connectivity index (χ3n) is 8.44. The SMILES string of the molecule is Cc1nc2n(n1)CC(=O)N[C@@H](CC(C)C)COc1ccc(cc1)C[C@@H](NC(=O)CC(C)C)C(=O)N[C@@H](Cc1ccccc1)C(=O)N[C@H]2C(C)C. The fourth-order valence-electron chi connectivity index (χ4n) is 6.07. The third-order valence-corrected chi connectivity index (χ3v) is 8.44. The van der Waals surface area contributed by atoms with Gasteiger partial charge >= 0.3 is 0 Å². The Bertz CT molecular complexity index is 1590. The highest BCUT2D eigenvalue weighted by molar-refractivity contribution is 5.92. The Morgan fingerprint density at radius 3 is 2.26 bits per heavy atom. The maximum atomic E-state index is 14.2. The van der Waals surface area contributed by atoms with Gasteiger partial charge in [0.25, 0.3) is 0 Å². The second-order valence-corrected chi connectivity index (χ2v) is 14.4. The van der Waals surface area contributed by atoms with E-state index >= 15 is 0 Å². The van der Waals surface area contributed by atoms with Crippen LogP contribution in [0.1, 0.15) is 83.2 Å². The van der Waals surface area contributed by atoms with Crippen LogP contribution >= 0.6 is 0 Å². The normalized spacial score (nSPS) is 20.9. The minimum absolute atomic E-state index is 0.0967. The van der Waals surface area contributed by atoms with Crippen molar-refractivity contribution in [3.8, 4) is 5.75 Å². The van der Waals surface area contributed by atoms with Crippen molar-refractivity contribution in [2.75, 3.05) is 6.61 Å². The van der Waals surface area contributed by atoms with Crippen LogP contribution in [0.2, 0.25) is 0 Å². The van der Waals surface area contributed by atoms with Crippen LogP contribution in [0, 0.1) is 24.7 Å². The summed E-state index contributed by atoms with van der Waals surface area (Å²) in [5.74, 6) is 0.406. The summed E-state index contributed by atoms with van der Waals surface area (Å²) >= 11 is 0. The van der Waals surface area contributed by atoms with Gasteiger partial charge in [-0.15, -0.1) is 0 Å². The van der Waals surface area contributed by atoms with Gasteiger partial charge in [-0.2, -0.15) is 5.10 Å². The number of hydrogen-bond acceptors (Lipinski definition) is 7. The van der Waals surface area contributed by atoms with Crippen molar-refractivity contribution in [3.05, 3.63) is 77.4 Å². The molecule has 0 spiro atoms. The van der Waals surface area contributed by atoms with Crippen molar-refractivity contribution in [1.82, 2.24) is 36.0 Å². The largest absolute Gasteiger partial charge is 0.491 e. The molecule has 2 aliphatic rings. The van der Waals surface area contributed by atoms with Gasteiger partial charge in [0.05, 0.1) is 12.1 Å². The van der Waals surface area contributed by atoms with Crippen molar-refractivity contribution in [1.29, 1.82) is 0 Å². The summed E-state index contributed by atoms with van der Waals surface area (Å²) in [7, 11) is 0. The molecule has 12 heteroatoms. The van der Waals surface area contributed by atoms with E-state index in [0.29, 0.717) is 29.7 Å². The Balaban J connectivity index is 1.75. The first-order valence-electron chi connectivity index (χ1n) is 17.6. The van der Waals surface area contributed by atoms with E-state index in [4.69, 9.17) is 4.74 Å². The summed E-state index contributed by atoms with van der Waals surface area (Å²) in [5.41, 5.74) is 1.66. The van der Waals surface area contributed by atoms with Crippen molar-refractivity contribution in [2.24, 2.45) is 17.8 Å². The van der Waals surface area contributed by atoms with Crippen LogP contribution in [-0.2, 0) is 38.6 Å². The molecule has 2 aliphatic heterocycles. The standard InChI is InChI=1S/C38H53N7O5/c1-23(2)17-29-22-50-30-15-13-28(14-16-30)20-31(41-33(46)18-24(3)4)37(48)42-32(19-27-11-9-8-10-12-27)38(49)43-35(25(5)6)36-39-26(7)44-45(36)21-34(47)40-29/h8-16,23-25,29,31-32,35H,17-22H2,1-7H3,(H,40,47)(H,41,46)(H,42,48)(H,43,49)/t29-,31+,32-,35-/m0/s1. The van der Waals surface area contributed by atoms with Crippen LogP contribution in [0.3, 0.4) is 0 Å². The molecule has 0 fully saturated rings. The lowest BCUT2D eigenvalue weighted by Crippen LogP contribution is -2.55. The summed E-state index contributed by atoms with van der Waals surface area (Å²) in [6, 6.07) is 14.0. The number of fused-ring (bicyclic) bond motifs is 14. The molecule has 0 saturated carbocycles. The van der Waals surface area contributed by atoms with Crippen molar-refractivity contribution in [3.63, 3.8) is 0 Å². The monoisotopic (exact) mass is 687 g/mol. The number of rotatable bonds is 8. The number of hydrogen-bond donors (Lipinski definition) is 4. The first-order valence-corrected chi connectivity index (χ1v) is 17.6. The molecule has 0 unspecified atom stereocenters. The zero-order valence-corrected chi connectivity index (χ0v) is 30.4. The number of carbonyl (C=O) groups excluding carboxylic acids is 4. The van der Waals surface area contributed by atoms with Gasteiger partial charge in [-0.25, -0.2) is 9.67 Å². The average molecular weight is 688 g/mol. The molecule has 4 atom stereocenters. The van der Waals surface area contributed by atoms with Gasteiger partial charge < -0.3 is 26.0 Å². The molecule has 2 aromatic carbocycles. The topological polar surface area (TPSA) is 156 Å². The van der Waals surface area contributed by atoms with Crippen molar-refractivity contribution >= 4 is 23.6 Å². The predicted molar refractivity (Wildman–Crippen MR) is 191 cm³/mol. The van der Waals surface area contributed by atoms with Gasteiger partial charge in [-0.05, 0) is 54.4 Å². The number of benzene rings is 2. The fraction of sp³-hybridized carbons (Fsp3) is 0.526. The molecule has 3 aromatic rings. The van der Waals surface area contributed by atoms with E-state index in [9.17, 15) is 19.2 Å². The van der Waals surface area contributed by atoms with E-state index in [0.717, 1.165) is 11.1 Å². The summed E-state index contributed by atoms with van der Waals surface area (Å²) in [6.45, 7) is 13.9. The summed E-state index contributed by atoms with van der Waals surface area (Å²) < 4.78 is 7.65. The lowest BCUT2D eigenvalue weighted by molar-refractivity contribution is -0.132. The fourth-order valence-corrected chi connectivity index (χ4v) is 6.07. The van der Waals surface area contributed by atoms with Crippen molar-refractivity contribution < 1.29 is 23.9 Å².